The molecule has 0 radical (unpaired) electrons. The van der Waals surface area contributed by atoms with Gasteiger partial charge in [0.15, 0.2) is 6.10 Å². The third kappa shape index (κ3) is 2.80. The monoisotopic (exact) mass is 208 g/mol. The van der Waals surface area contributed by atoms with E-state index in [1.807, 2.05) is 18.2 Å². The van der Waals surface area contributed by atoms with Crippen molar-refractivity contribution in [1.82, 2.24) is 0 Å². The van der Waals surface area contributed by atoms with Gasteiger partial charge in [-0.1, -0.05) is 38.1 Å². The predicted octanol–water partition coefficient (Wildman–Crippen LogP) is 2.02. The number of hydrogen-bond acceptors (Lipinski definition) is 3. The second-order valence-electron chi connectivity index (χ2n) is 3.75. The molecule has 1 atom stereocenters. The fourth-order valence-corrected chi connectivity index (χ4v) is 1.34. The van der Waals surface area contributed by atoms with E-state index in [1.54, 1.807) is 6.07 Å². The van der Waals surface area contributed by atoms with Gasteiger partial charge >= 0.3 is 5.97 Å². The maximum absolute atomic E-state index is 11.1. The van der Waals surface area contributed by atoms with Gasteiger partial charge in [-0.3, -0.25) is 0 Å². The molecule has 0 saturated heterocycles. The molecule has 0 saturated carbocycles. The molecule has 1 N–H and O–H groups in total. The summed E-state index contributed by atoms with van der Waals surface area (Å²) in [5, 5.41) is 9.62. The Labute approximate surface area is 89.7 Å². The molecule has 3 nitrogen and oxygen atoms in total. The van der Waals surface area contributed by atoms with Gasteiger partial charge in [-0.2, -0.15) is 0 Å². The van der Waals surface area contributed by atoms with E-state index in [0.717, 1.165) is 5.56 Å². The molecule has 0 aliphatic rings. The molecule has 0 heterocycles. The van der Waals surface area contributed by atoms with E-state index in [4.69, 9.17) is 0 Å². The summed E-state index contributed by atoms with van der Waals surface area (Å²) in [6, 6.07) is 7.34. The van der Waals surface area contributed by atoms with Crippen LogP contribution in [0.25, 0.3) is 0 Å². The second-order valence-corrected chi connectivity index (χ2v) is 3.75. The molecule has 0 aliphatic carbocycles. The number of aliphatic hydroxyl groups is 1. The smallest absolute Gasteiger partial charge is 0.339 e. The zero-order chi connectivity index (χ0) is 11.4. The summed E-state index contributed by atoms with van der Waals surface area (Å²) < 4.78 is 4.48. The molecule has 15 heavy (non-hydrogen) atoms. The summed E-state index contributed by atoms with van der Waals surface area (Å²) >= 11 is 0. The van der Waals surface area contributed by atoms with E-state index in [1.165, 1.54) is 7.11 Å². The highest BCUT2D eigenvalue weighted by Crippen LogP contribution is 2.20. The zero-order valence-corrected chi connectivity index (χ0v) is 9.23. The van der Waals surface area contributed by atoms with Crippen molar-refractivity contribution < 1.29 is 14.6 Å². The summed E-state index contributed by atoms with van der Waals surface area (Å²) in [6.07, 6.45) is -1.19. The van der Waals surface area contributed by atoms with Crippen LogP contribution in [0.15, 0.2) is 24.3 Å². The van der Waals surface area contributed by atoms with Gasteiger partial charge in [0.25, 0.3) is 0 Å². The Morgan fingerprint density at radius 2 is 1.93 bits per heavy atom. The van der Waals surface area contributed by atoms with E-state index in [0.29, 0.717) is 11.5 Å². The van der Waals surface area contributed by atoms with Crippen molar-refractivity contribution in [3.05, 3.63) is 35.4 Å². The molecule has 1 unspecified atom stereocenters. The van der Waals surface area contributed by atoms with Crippen LogP contribution in [0.3, 0.4) is 0 Å². The molecule has 1 rings (SSSR count). The lowest BCUT2D eigenvalue weighted by Crippen LogP contribution is -2.13. The van der Waals surface area contributed by atoms with Crippen LogP contribution in [0.4, 0.5) is 0 Å². The molecular weight excluding hydrogens is 192 g/mol. The van der Waals surface area contributed by atoms with Gasteiger partial charge in [0.1, 0.15) is 0 Å². The van der Waals surface area contributed by atoms with Gasteiger partial charge < -0.3 is 9.84 Å². The van der Waals surface area contributed by atoms with E-state index in [-0.39, 0.29) is 0 Å². The van der Waals surface area contributed by atoms with Crippen LogP contribution in [0.2, 0.25) is 0 Å². The first kappa shape index (κ1) is 11.7. The maximum atomic E-state index is 11.1. The maximum Gasteiger partial charge on any atom is 0.339 e. The van der Waals surface area contributed by atoms with E-state index >= 15 is 0 Å². The number of esters is 1. The number of aliphatic hydroxyl groups excluding tert-OH is 1. The van der Waals surface area contributed by atoms with E-state index < -0.39 is 12.1 Å². The Hall–Kier alpha value is -1.35. The van der Waals surface area contributed by atoms with Crippen molar-refractivity contribution in [1.29, 1.82) is 0 Å². The van der Waals surface area contributed by atoms with Gasteiger partial charge in [-0.15, -0.1) is 0 Å². The Morgan fingerprint density at radius 3 is 2.47 bits per heavy atom. The number of benzene rings is 1. The number of carbonyl (C=O) groups excluding carboxylic acids is 1. The summed E-state index contributed by atoms with van der Waals surface area (Å²) in [4.78, 5) is 11.1. The summed E-state index contributed by atoms with van der Waals surface area (Å²) in [6.45, 7) is 4.12. The molecule has 0 amide bonds. The summed E-state index contributed by atoms with van der Waals surface area (Å²) in [5.74, 6) is -0.259. The quantitative estimate of drug-likeness (QED) is 0.773. The normalized spacial score (nSPS) is 12.6. The second kappa shape index (κ2) is 4.94. The van der Waals surface area contributed by atoms with Crippen LogP contribution in [-0.2, 0) is 9.53 Å². The van der Waals surface area contributed by atoms with Gasteiger partial charge in [0.05, 0.1) is 7.11 Å². The summed E-state index contributed by atoms with van der Waals surface area (Å²) in [5.41, 5.74) is 1.67. The van der Waals surface area contributed by atoms with Crippen LogP contribution in [0.1, 0.15) is 37.0 Å². The molecule has 1 aromatic carbocycles. The van der Waals surface area contributed by atoms with Gasteiger partial charge in [0, 0.05) is 0 Å². The first-order chi connectivity index (χ1) is 7.06. The van der Waals surface area contributed by atoms with Crippen molar-refractivity contribution >= 4 is 5.97 Å². The van der Waals surface area contributed by atoms with Crippen LogP contribution in [-0.4, -0.2) is 18.2 Å². The van der Waals surface area contributed by atoms with Crippen LogP contribution in [0, 0.1) is 0 Å². The molecule has 0 spiro atoms. The number of methoxy groups -OCH3 is 1. The molecule has 82 valence electrons. The van der Waals surface area contributed by atoms with Crippen LogP contribution < -0.4 is 0 Å². The van der Waals surface area contributed by atoms with Crippen LogP contribution >= 0.6 is 0 Å². The highest BCUT2D eigenvalue weighted by molar-refractivity contribution is 5.76. The third-order valence-corrected chi connectivity index (χ3v) is 2.32. The molecular formula is C12H16O3. The fourth-order valence-electron chi connectivity index (χ4n) is 1.34. The Bertz CT molecular complexity index is 344. The Kier molecular flexibility index (Phi) is 3.86. The standard InChI is InChI=1S/C12H16O3/c1-8(2)9-5-4-6-10(7-9)11(13)12(14)15-3/h4-8,11,13H,1-3H3. The third-order valence-electron chi connectivity index (χ3n) is 2.32. The molecule has 0 aliphatic heterocycles. The predicted molar refractivity (Wildman–Crippen MR) is 57.5 cm³/mol. The van der Waals surface area contributed by atoms with Gasteiger partial charge in [-0.05, 0) is 17.0 Å². The number of hydrogen-bond donors (Lipinski definition) is 1. The van der Waals surface area contributed by atoms with Gasteiger partial charge in [0.2, 0.25) is 0 Å². The average Bonchev–Trinajstić information content (AvgIpc) is 2.27. The van der Waals surface area contributed by atoms with E-state index in [2.05, 4.69) is 18.6 Å². The SMILES string of the molecule is COC(=O)C(O)c1cccc(C(C)C)c1. The minimum absolute atomic E-state index is 0.370. The number of carbonyl (C=O) groups is 1. The lowest BCUT2D eigenvalue weighted by Gasteiger charge is -2.11. The fraction of sp³-hybridized carbons (Fsp3) is 0.417. The van der Waals surface area contributed by atoms with Crippen molar-refractivity contribution in [2.24, 2.45) is 0 Å². The largest absolute Gasteiger partial charge is 0.467 e. The molecule has 0 bridgehead atoms. The Morgan fingerprint density at radius 1 is 1.33 bits per heavy atom. The van der Waals surface area contributed by atoms with Crippen molar-refractivity contribution in [3.8, 4) is 0 Å². The topological polar surface area (TPSA) is 46.5 Å². The first-order valence-corrected chi connectivity index (χ1v) is 4.92. The Balaban J connectivity index is 2.95. The van der Waals surface area contributed by atoms with Crippen molar-refractivity contribution in [2.45, 2.75) is 25.9 Å². The first-order valence-electron chi connectivity index (χ1n) is 4.92. The lowest BCUT2D eigenvalue weighted by atomic mass is 9.99. The molecule has 0 aromatic heterocycles. The molecule has 0 fully saturated rings. The minimum Gasteiger partial charge on any atom is -0.467 e. The van der Waals surface area contributed by atoms with Crippen molar-refractivity contribution in [2.75, 3.05) is 7.11 Å². The molecule has 1 aromatic rings. The minimum atomic E-state index is -1.19. The average molecular weight is 208 g/mol. The lowest BCUT2D eigenvalue weighted by molar-refractivity contribution is -0.150. The van der Waals surface area contributed by atoms with Crippen LogP contribution in [0.5, 0.6) is 0 Å². The number of rotatable bonds is 3. The van der Waals surface area contributed by atoms with E-state index in [9.17, 15) is 9.90 Å². The zero-order valence-electron chi connectivity index (χ0n) is 9.23. The van der Waals surface area contributed by atoms with Gasteiger partial charge in [-0.25, -0.2) is 4.79 Å². The summed E-state index contributed by atoms with van der Waals surface area (Å²) in [7, 11) is 1.26. The highest BCUT2D eigenvalue weighted by atomic mass is 16.5. The highest BCUT2D eigenvalue weighted by Gasteiger charge is 2.18. The molecule has 3 heteroatoms. The van der Waals surface area contributed by atoms with Crippen molar-refractivity contribution in [3.63, 3.8) is 0 Å². The number of ether oxygens (including phenoxy) is 1.